The minimum absolute atomic E-state index is 0.0733. The molecule has 1 atom stereocenters. The van der Waals surface area contributed by atoms with Crippen molar-refractivity contribution < 1.29 is 19.5 Å². The van der Waals surface area contributed by atoms with Crippen LogP contribution in [0.5, 0.6) is 0 Å². The van der Waals surface area contributed by atoms with Gasteiger partial charge in [-0.15, -0.1) is 0 Å². The van der Waals surface area contributed by atoms with Crippen LogP contribution in [-0.4, -0.2) is 40.3 Å². The molecule has 1 saturated heterocycles. The molecule has 0 aromatic heterocycles. The van der Waals surface area contributed by atoms with Crippen molar-refractivity contribution in [2.24, 2.45) is 0 Å². The Bertz CT molecular complexity index is 565. The van der Waals surface area contributed by atoms with Gasteiger partial charge in [0.2, 0.25) is 5.91 Å². The van der Waals surface area contributed by atoms with E-state index < -0.39 is 12.0 Å². The van der Waals surface area contributed by atoms with Crippen LogP contribution in [-0.2, 0) is 9.59 Å². The van der Waals surface area contributed by atoms with Gasteiger partial charge in [0.1, 0.15) is 6.04 Å². The summed E-state index contributed by atoms with van der Waals surface area (Å²) in [6, 6.07) is 8.09. The van der Waals surface area contributed by atoms with E-state index in [0.29, 0.717) is 24.9 Å². The first kappa shape index (κ1) is 15.0. The van der Waals surface area contributed by atoms with E-state index in [-0.39, 0.29) is 18.1 Å². The van der Waals surface area contributed by atoms with Gasteiger partial charge in [-0.3, -0.25) is 9.59 Å². The van der Waals surface area contributed by atoms with Gasteiger partial charge in [0, 0.05) is 18.5 Å². The monoisotopic (exact) mass is 287 g/mol. The first-order valence-electron chi connectivity index (χ1n) is 6.88. The molecule has 0 spiro atoms. The van der Waals surface area contributed by atoms with Crippen LogP contribution in [0.2, 0.25) is 0 Å². The SMILES string of the molecule is O=C(C/C=C/C(=O)N1CCC[C@H]1C(=O)O)c1ccccc1. The van der Waals surface area contributed by atoms with Crippen LogP contribution in [0.15, 0.2) is 42.5 Å². The Morgan fingerprint density at radius 3 is 2.62 bits per heavy atom. The minimum Gasteiger partial charge on any atom is -0.480 e. The Morgan fingerprint density at radius 2 is 1.95 bits per heavy atom. The molecule has 1 amide bonds. The third-order valence-electron chi connectivity index (χ3n) is 3.48. The number of carbonyl (C=O) groups is 3. The zero-order valence-electron chi connectivity index (χ0n) is 11.6. The van der Waals surface area contributed by atoms with Crippen molar-refractivity contribution in [1.29, 1.82) is 0 Å². The Labute approximate surface area is 122 Å². The number of benzene rings is 1. The topological polar surface area (TPSA) is 74.7 Å². The minimum atomic E-state index is -0.977. The highest BCUT2D eigenvalue weighted by Crippen LogP contribution is 2.17. The number of allylic oxidation sites excluding steroid dienone is 1. The van der Waals surface area contributed by atoms with Crippen molar-refractivity contribution in [2.75, 3.05) is 6.54 Å². The second kappa shape index (κ2) is 6.83. The molecule has 5 nitrogen and oxygen atoms in total. The number of amides is 1. The number of hydrogen-bond acceptors (Lipinski definition) is 3. The normalized spacial score (nSPS) is 18.1. The molecule has 21 heavy (non-hydrogen) atoms. The average molecular weight is 287 g/mol. The standard InChI is InChI=1S/C16H17NO4/c18-14(12-6-2-1-3-7-12)9-4-10-15(19)17-11-5-8-13(17)16(20)21/h1-4,6-7,10,13H,5,8-9,11H2,(H,20,21)/b10-4+/t13-/m0/s1. The summed E-state index contributed by atoms with van der Waals surface area (Å²) in [5, 5.41) is 9.02. The number of ketones is 1. The number of carboxylic acids is 1. The van der Waals surface area contributed by atoms with Crippen molar-refractivity contribution in [3.8, 4) is 0 Å². The highest BCUT2D eigenvalue weighted by atomic mass is 16.4. The highest BCUT2D eigenvalue weighted by molar-refractivity contribution is 5.98. The predicted octanol–water partition coefficient (Wildman–Crippen LogP) is 1.89. The molecule has 110 valence electrons. The van der Waals surface area contributed by atoms with E-state index in [0.717, 1.165) is 0 Å². The van der Waals surface area contributed by atoms with E-state index in [4.69, 9.17) is 5.11 Å². The van der Waals surface area contributed by atoms with E-state index >= 15 is 0 Å². The molecule has 1 fully saturated rings. The summed E-state index contributed by atoms with van der Waals surface area (Å²) in [7, 11) is 0. The van der Waals surface area contributed by atoms with Gasteiger partial charge in [-0.25, -0.2) is 4.79 Å². The predicted molar refractivity (Wildman–Crippen MR) is 76.9 cm³/mol. The lowest BCUT2D eigenvalue weighted by Crippen LogP contribution is -2.39. The van der Waals surface area contributed by atoms with Crippen LogP contribution in [0, 0.1) is 0 Å². The van der Waals surface area contributed by atoms with Crippen molar-refractivity contribution in [2.45, 2.75) is 25.3 Å². The summed E-state index contributed by atoms with van der Waals surface area (Å²) in [5.74, 6) is -1.40. The summed E-state index contributed by atoms with van der Waals surface area (Å²) < 4.78 is 0. The van der Waals surface area contributed by atoms with Crippen LogP contribution in [0.1, 0.15) is 29.6 Å². The number of hydrogen-bond donors (Lipinski definition) is 1. The molecule has 0 saturated carbocycles. The van der Waals surface area contributed by atoms with Crippen LogP contribution >= 0.6 is 0 Å². The molecule has 1 aromatic rings. The lowest BCUT2D eigenvalue weighted by molar-refractivity contribution is -0.146. The molecule has 1 aromatic carbocycles. The number of aliphatic carboxylic acids is 1. The first-order valence-corrected chi connectivity index (χ1v) is 6.88. The third kappa shape index (κ3) is 3.78. The van der Waals surface area contributed by atoms with Crippen molar-refractivity contribution in [3.63, 3.8) is 0 Å². The lowest BCUT2D eigenvalue weighted by atomic mass is 10.1. The number of likely N-dealkylation sites (tertiary alicyclic amines) is 1. The fourth-order valence-corrected chi connectivity index (χ4v) is 2.39. The second-order valence-corrected chi connectivity index (χ2v) is 4.92. The van der Waals surface area contributed by atoms with Gasteiger partial charge in [-0.2, -0.15) is 0 Å². The van der Waals surface area contributed by atoms with Crippen LogP contribution in [0.4, 0.5) is 0 Å². The van der Waals surface area contributed by atoms with E-state index in [9.17, 15) is 14.4 Å². The Kier molecular flexibility index (Phi) is 4.87. The van der Waals surface area contributed by atoms with E-state index in [1.54, 1.807) is 24.3 Å². The number of carboxylic acid groups (broad SMARTS) is 1. The molecule has 0 unspecified atom stereocenters. The van der Waals surface area contributed by atoms with Crippen LogP contribution < -0.4 is 0 Å². The van der Waals surface area contributed by atoms with Crippen molar-refractivity contribution >= 4 is 17.7 Å². The van der Waals surface area contributed by atoms with Crippen molar-refractivity contribution in [3.05, 3.63) is 48.0 Å². The molecule has 1 aliphatic rings. The van der Waals surface area contributed by atoms with Gasteiger partial charge < -0.3 is 10.0 Å². The van der Waals surface area contributed by atoms with Crippen molar-refractivity contribution in [1.82, 2.24) is 4.90 Å². The molecule has 1 N–H and O–H groups in total. The van der Waals surface area contributed by atoms with E-state index in [1.165, 1.54) is 17.1 Å². The molecule has 2 rings (SSSR count). The molecule has 1 heterocycles. The van der Waals surface area contributed by atoms with Gasteiger partial charge in [0.05, 0.1) is 0 Å². The maximum Gasteiger partial charge on any atom is 0.326 e. The van der Waals surface area contributed by atoms with Crippen LogP contribution in [0.25, 0.3) is 0 Å². The number of carbonyl (C=O) groups excluding carboxylic acids is 2. The molecule has 1 aliphatic heterocycles. The zero-order valence-corrected chi connectivity index (χ0v) is 11.6. The fraction of sp³-hybridized carbons (Fsp3) is 0.312. The zero-order chi connectivity index (χ0) is 15.2. The van der Waals surface area contributed by atoms with Gasteiger partial charge in [-0.05, 0) is 18.9 Å². The molecule has 0 radical (unpaired) electrons. The summed E-state index contributed by atoms with van der Waals surface area (Å²) in [4.78, 5) is 36.1. The summed E-state index contributed by atoms with van der Waals surface area (Å²) in [6.07, 6.45) is 4.09. The summed E-state index contributed by atoms with van der Waals surface area (Å²) in [5.41, 5.74) is 0.596. The number of rotatable bonds is 5. The van der Waals surface area contributed by atoms with E-state index in [2.05, 4.69) is 0 Å². The summed E-state index contributed by atoms with van der Waals surface area (Å²) >= 11 is 0. The van der Waals surface area contributed by atoms with Gasteiger partial charge in [0.15, 0.2) is 5.78 Å². The maximum atomic E-state index is 11.9. The van der Waals surface area contributed by atoms with E-state index in [1.807, 2.05) is 6.07 Å². The number of Topliss-reactive ketones (excluding diaryl/α,β-unsaturated/α-hetero) is 1. The van der Waals surface area contributed by atoms with Gasteiger partial charge >= 0.3 is 5.97 Å². The third-order valence-corrected chi connectivity index (χ3v) is 3.48. The molecular formula is C16H17NO4. The fourth-order valence-electron chi connectivity index (χ4n) is 2.39. The largest absolute Gasteiger partial charge is 0.480 e. The number of nitrogens with zero attached hydrogens (tertiary/aromatic N) is 1. The van der Waals surface area contributed by atoms with Gasteiger partial charge in [0.25, 0.3) is 0 Å². The molecular weight excluding hydrogens is 270 g/mol. The quantitative estimate of drug-likeness (QED) is 0.663. The second-order valence-electron chi connectivity index (χ2n) is 4.92. The first-order chi connectivity index (χ1) is 10.1. The Balaban J connectivity index is 1.91. The van der Waals surface area contributed by atoms with Gasteiger partial charge in [-0.1, -0.05) is 36.4 Å². The average Bonchev–Trinajstić information content (AvgIpc) is 2.97. The Morgan fingerprint density at radius 1 is 1.24 bits per heavy atom. The maximum absolute atomic E-state index is 11.9. The Hall–Kier alpha value is -2.43. The summed E-state index contributed by atoms with van der Waals surface area (Å²) in [6.45, 7) is 0.451. The molecule has 0 bridgehead atoms. The van der Waals surface area contributed by atoms with Crippen LogP contribution in [0.3, 0.4) is 0 Å². The smallest absolute Gasteiger partial charge is 0.326 e. The molecule has 5 heteroatoms. The highest BCUT2D eigenvalue weighted by Gasteiger charge is 2.32. The molecule has 0 aliphatic carbocycles. The lowest BCUT2D eigenvalue weighted by Gasteiger charge is -2.19.